The van der Waals surface area contributed by atoms with Crippen molar-refractivity contribution in [1.82, 2.24) is 9.97 Å². The summed E-state index contributed by atoms with van der Waals surface area (Å²) in [6.07, 6.45) is 5.01. The molecule has 0 radical (unpaired) electrons. The van der Waals surface area contributed by atoms with E-state index >= 15 is 0 Å². The van der Waals surface area contributed by atoms with Gasteiger partial charge in [-0.2, -0.15) is 11.3 Å². The van der Waals surface area contributed by atoms with Crippen LogP contribution in [-0.4, -0.2) is 15.9 Å². The molecule has 0 atom stereocenters. The number of carbonyl (C=O) groups excluding carboxylic acids is 1. The Morgan fingerprint density at radius 2 is 2.35 bits per heavy atom. The van der Waals surface area contributed by atoms with Crippen LogP contribution in [0.4, 0.5) is 5.69 Å². The summed E-state index contributed by atoms with van der Waals surface area (Å²) in [6, 6.07) is 4.12. The molecule has 0 aliphatic rings. The van der Waals surface area contributed by atoms with Crippen LogP contribution in [0.3, 0.4) is 0 Å². The van der Waals surface area contributed by atoms with E-state index in [4.69, 9.17) is 0 Å². The van der Waals surface area contributed by atoms with Crippen LogP contribution in [0.2, 0.25) is 0 Å². The van der Waals surface area contributed by atoms with Gasteiger partial charge in [-0.05, 0) is 34.9 Å². The van der Waals surface area contributed by atoms with Gasteiger partial charge in [0.1, 0.15) is 5.65 Å². The van der Waals surface area contributed by atoms with E-state index in [0.29, 0.717) is 6.42 Å². The first-order chi connectivity index (χ1) is 9.78. The molecule has 0 aliphatic carbocycles. The Kier molecular flexibility index (Phi) is 3.52. The number of nitrogens with zero attached hydrogens (tertiary/aromatic N) is 1. The van der Waals surface area contributed by atoms with Crippen molar-refractivity contribution in [2.75, 3.05) is 5.32 Å². The van der Waals surface area contributed by atoms with E-state index in [-0.39, 0.29) is 5.91 Å². The highest BCUT2D eigenvalue weighted by Crippen LogP contribution is 2.28. The average molecular weight is 285 g/mol. The fourth-order valence-electron chi connectivity index (χ4n) is 2.13. The molecule has 1 amide bonds. The fourth-order valence-corrected chi connectivity index (χ4v) is 2.80. The summed E-state index contributed by atoms with van der Waals surface area (Å²) >= 11 is 1.66. The summed E-state index contributed by atoms with van der Waals surface area (Å²) in [4.78, 5) is 19.2. The fraction of sp³-hybridized carbons (Fsp3) is 0.200. The van der Waals surface area contributed by atoms with E-state index in [1.54, 1.807) is 17.5 Å². The lowest BCUT2D eigenvalue weighted by Crippen LogP contribution is -2.10. The molecule has 2 N–H and O–H groups in total. The van der Waals surface area contributed by atoms with Crippen molar-refractivity contribution in [3.63, 3.8) is 0 Å². The summed E-state index contributed by atoms with van der Waals surface area (Å²) in [7, 11) is 0. The van der Waals surface area contributed by atoms with Crippen molar-refractivity contribution < 1.29 is 4.79 Å². The Bertz CT molecular complexity index is 731. The molecular weight excluding hydrogens is 270 g/mol. The number of thiophene rings is 1. The van der Waals surface area contributed by atoms with Crippen molar-refractivity contribution in [3.8, 4) is 11.1 Å². The summed E-state index contributed by atoms with van der Waals surface area (Å²) < 4.78 is 0. The van der Waals surface area contributed by atoms with E-state index in [9.17, 15) is 4.79 Å². The van der Waals surface area contributed by atoms with Gasteiger partial charge < -0.3 is 10.3 Å². The first-order valence-electron chi connectivity index (χ1n) is 6.57. The predicted octanol–water partition coefficient (Wildman–Crippen LogP) is 4.03. The molecule has 0 bridgehead atoms. The van der Waals surface area contributed by atoms with Gasteiger partial charge in [-0.25, -0.2) is 4.98 Å². The lowest BCUT2D eigenvalue weighted by molar-refractivity contribution is -0.116. The predicted molar refractivity (Wildman–Crippen MR) is 82.9 cm³/mol. The summed E-state index contributed by atoms with van der Waals surface area (Å²) in [5.41, 5.74) is 3.79. The molecular formula is C15H15N3OS. The highest BCUT2D eigenvalue weighted by molar-refractivity contribution is 7.08. The quantitative estimate of drug-likeness (QED) is 0.760. The summed E-state index contributed by atoms with van der Waals surface area (Å²) in [6.45, 7) is 1.99. The van der Waals surface area contributed by atoms with Crippen LogP contribution >= 0.6 is 11.3 Å². The molecule has 4 nitrogen and oxygen atoms in total. The standard InChI is InChI=1S/C15H15N3OS/c1-2-3-14(19)18-13-8-17-15-12(13)6-11(7-16-15)10-4-5-20-9-10/h4-9H,2-3H2,1H3,(H,16,17)(H,18,19). The molecule has 3 aromatic rings. The van der Waals surface area contributed by atoms with Gasteiger partial charge in [0, 0.05) is 29.8 Å². The minimum Gasteiger partial charge on any atom is -0.344 e. The third kappa shape index (κ3) is 2.44. The summed E-state index contributed by atoms with van der Waals surface area (Å²) in [5.74, 6) is 0.0364. The Morgan fingerprint density at radius 3 is 3.10 bits per heavy atom. The zero-order valence-corrected chi connectivity index (χ0v) is 12.0. The lowest BCUT2D eigenvalue weighted by Gasteiger charge is -2.03. The first-order valence-corrected chi connectivity index (χ1v) is 7.51. The molecule has 102 valence electrons. The van der Waals surface area contributed by atoms with Crippen LogP contribution in [-0.2, 0) is 4.79 Å². The van der Waals surface area contributed by atoms with Gasteiger partial charge in [0.25, 0.3) is 0 Å². The van der Waals surface area contributed by atoms with E-state index < -0.39 is 0 Å². The van der Waals surface area contributed by atoms with Gasteiger partial charge in [0.05, 0.1) is 5.69 Å². The molecule has 3 rings (SSSR count). The summed E-state index contributed by atoms with van der Waals surface area (Å²) in [5, 5.41) is 8.00. The number of H-pyrrole nitrogens is 1. The van der Waals surface area contributed by atoms with Gasteiger partial charge >= 0.3 is 0 Å². The van der Waals surface area contributed by atoms with Crippen LogP contribution in [0.25, 0.3) is 22.2 Å². The third-order valence-electron chi connectivity index (χ3n) is 3.14. The van der Waals surface area contributed by atoms with Gasteiger partial charge in [-0.15, -0.1) is 0 Å². The first kappa shape index (κ1) is 12.9. The van der Waals surface area contributed by atoms with Crippen LogP contribution in [0.1, 0.15) is 19.8 Å². The van der Waals surface area contributed by atoms with Crippen molar-refractivity contribution in [2.24, 2.45) is 0 Å². The van der Waals surface area contributed by atoms with Crippen LogP contribution in [0.5, 0.6) is 0 Å². The largest absolute Gasteiger partial charge is 0.344 e. The van der Waals surface area contributed by atoms with Crippen LogP contribution in [0.15, 0.2) is 35.3 Å². The molecule has 0 unspecified atom stereocenters. The number of hydrogen-bond acceptors (Lipinski definition) is 3. The number of anilines is 1. The second kappa shape index (κ2) is 5.46. The molecule has 3 aromatic heterocycles. The molecule has 0 aromatic carbocycles. The molecule has 20 heavy (non-hydrogen) atoms. The van der Waals surface area contributed by atoms with Gasteiger partial charge in [0.2, 0.25) is 5.91 Å². The Hall–Kier alpha value is -2.14. The minimum atomic E-state index is 0.0364. The monoisotopic (exact) mass is 285 g/mol. The molecule has 0 aliphatic heterocycles. The maximum atomic E-state index is 11.7. The number of rotatable bonds is 4. The Morgan fingerprint density at radius 1 is 1.45 bits per heavy atom. The Labute approximate surface area is 120 Å². The average Bonchev–Trinajstić information content (AvgIpc) is 3.08. The van der Waals surface area contributed by atoms with Crippen LogP contribution < -0.4 is 5.32 Å². The third-order valence-corrected chi connectivity index (χ3v) is 3.82. The molecule has 0 saturated carbocycles. The maximum absolute atomic E-state index is 11.7. The van der Waals surface area contributed by atoms with Crippen molar-refractivity contribution in [2.45, 2.75) is 19.8 Å². The zero-order chi connectivity index (χ0) is 13.9. The SMILES string of the molecule is CCCC(=O)Nc1c[nH]c2ncc(-c3ccsc3)cc12. The number of aromatic nitrogens is 2. The lowest BCUT2D eigenvalue weighted by atomic mass is 10.1. The molecule has 5 heteroatoms. The molecule has 0 fully saturated rings. The van der Waals surface area contributed by atoms with Crippen molar-refractivity contribution in [3.05, 3.63) is 35.3 Å². The van der Waals surface area contributed by atoms with E-state index in [1.165, 1.54) is 0 Å². The highest BCUT2D eigenvalue weighted by Gasteiger charge is 2.09. The van der Waals surface area contributed by atoms with Gasteiger partial charge in [0.15, 0.2) is 0 Å². The zero-order valence-electron chi connectivity index (χ0n) is 11.1. The number of pyridine rings is 1. The normalized spacial score (nSPS) is 10.8. The van der Waals surface area contributed by atoms with Crippen LogP contribution in [0, 0.1) is 0 Å². The number of carbonyl (C=O) groups is 1. The molecule has 0 saturated heterocycles. The smallest absolute Gasteiger partial charge is 0.224 e. The number of amides is 1. The van der Waals surface area contributed by atoms with Crippen molar-refractivity contribution in [1.29, 1.82) is 0 Å². The highest BCUT2D eigenvalue weighted by atomic mass is 32.1. The second-order valence-electron chi connectivity index (χ2n) is 4.63. The Balaban J connectivity index is 1.97. The number of fused-ring (bicyclic) bond motifs is 1. The van der Waals surface area contributed by atoms with Gasteiger partial charge in [-0.3, -0.25) is 4.79 Å². The minimum absolute atomic E-state index is 0.0364. The maximum Gasteiger partial charge on any atom is 0.224 e. The second-order valence-corrected chi connectivity index (χ2v) is 5.41. The number of nitrogens with one attached hydrogen (secondary N) is 2. The van der Waals surface area contributed by atoms with E-state index in [0.717, 1.165) is 34.3 Å². The van der Waals surface area contributed by atoms with Gasteiger partial charge in [-0.1, -0.05) is 6.92 Å². The van der Waals surface area contributed by atoms with Crippen molar-refractivity contribution >= 4 is 34.0 Å². The molecule has 0 spiro atoms. The van der Waals surface area contributed by atoms with E-state index in [2.05, 4.69) is 32.8 Å². The topological polar surface area (TPSA) is 57.8 Å². The number of hydrogen-bond donors (Lipinski definition) is 2. The molecule has 3 heterocycles. The van der Waals surface area contributed by atoms with E-state index in [1.807, 2.05) is 18.5 Å². The number of aromatic amines is 1.